The number of benzene rings is 1. The number of nitrogens with two attached hydrogens (primary N) is 1. The third-order valence-electron chi connectivity index (χ3n) is 2.76. The van der Waals surface area contributed by atoms with Gasteiger partial charge in [-0.2, -0.15) is 0 Å². The van der Waals surface area contributed by atoms with Crippen LogP contribution in [0.15, 0.2) is 29.8 Å². The second kappa shape index (κ2) is 4.71. The van der Waals surface area contributed by atoms with Crippen LogP contribution < -0.4 is 5.73 Å². The van der Waals surface area contributed by atoms with Crippen molar-refractivity contribution in [2.24, 2.45) is 0 Å². The summed E-state index contributed by atoms with van der Waals surface area (Å²) in [5, 5.41) is 0.514. The molecule has 0 spiro atoms. The molecular weight excluding hydrogens is 222 g/mol. The molecule has 0 fully saturated rings. The van der Waals surface area contributed by atoms with Gasteiger partial charge in [0, 0.05) is 16.3 Å². The maximum Gasteiger partial charge on any atom is 0.188 e. The molecular formula is C13H14ClNO. The highest BCUT2D eigenvalue weighted by Gasteiger charge is 2.15. The van der Waals surface area contributed by atoms with E-state index in [2.05, 4.69) is 0 Å². The van der Waals surface area contributed by atoms with Gasteiger partial charge in [0.2, 0.25) is 0 Å². The van der Waals surface area contributed by atoms with Crippen LogP contribution in [0.1, 0.15) is 36.0 Å². The Kier molecular flexibility index (Phi) is 3.30. The number of rotatable bonds is 2. The zero-order valence-electron chi connectivity index (χ0n) is 9.00. The molecule has 1 aliphatic carbocycles. The number of hydrogen-bond donors (Lipinski definition) is 1. The van der Waals surface area contributed by atoms with Crippen molar-refractivity contribution < 1.29 is 4.79 Å². The number of anilines is 1. The molecule has 0 aromatic heterocycles. The van der Waals surface area contributed by atoms with Gasteiger partial charge in [-0.1, -0.05) is 17.7 Å². The highest BCUT2D eigenvalue weighted by atomic mass is 35.5. The first-order valence-electron chi connectivity index (χ1n) is 5.46. The van der Waals surface area contributed by atoms with Crippen LogP contribution in [0.5, 0.6) is 0 Å². The first-order chi connectivity index (χ1) is 7.66. The molecule has 16 heavy (non-hydrogen) atoms. The molecule has 1 aromatic carbocycles. The van der Waals surface area contributed by atoms with Crippen LogP contribution in [-0.2, 0) is 0 Å². The third-order valence-corrected chi connectivity index (χ3v) is 2.98. The number of Topliss-reactive ketones (excluding diaryl/α,β-unsaturated/α-hetero) is 1. The summed E-state index contributed by atoms with van der Waals surface area (Å²) in [5.74, 6) is 0.0638. The molecule has 0 radical (unpaired) electrons. The fourth-order valence-electron chi connectivity index (χ4n) is 1.97. The van der Waals surface area contributed by atoms with E-state index in [0.29, 0.717) is 16.3 Å². The lowest BCUT2D eigenvalue weighted by Gasteiger charge is -2.12. The summed E-state index contributed by atoms with van der Waals surface area (Å²) in [6.45, 7) is 0. The van der Waals surface area contributed by atoms with Crippen molar-refractivity contribution in [2.45, 2.75) is 25.7 Å². The van der Waals surface area contributed by atoms with Gasteiger partial charge >= 0.3 is 0 Å². The number of carbonyl (C=O) groups is 1. The van der Waals surface area contributed by atoms with Crippen molar-refractivity contribution in [3.63, 3.8) is 0 Å². The SMILES string of the molecule is Nc1cc(Cl)cc(C(=O)C2=CCCCC2)c1. The summed E-state index contributed by atoms with van der Waals surface area (Å²) < 4.78 is 0. The minimum atomic E-state index is 0.0638. The maximum absolute atomic E-state index is 12.1. The topological polar surface area (TPSA) is 43.1 Å². The Morgan fingerprint density at radius 1 is 1.25 bits per heavy atom. The van der Waals surface area contributed by atoms with Gasteiger partial charge in [0.05, 0.1) is 0 Å². The van der Waals surface area contributed by atoms with E-state index in [-0.39, 0.29) is 5.78 Å². The highest BCUT2D eigenvalue weighted by molar-refractivity contribution is 6.31. The molecule has 0 amide bonds. The predicted octanol–water partition coefficient (Wildman–Crippen LogP) is 3.61. The summed E-state index contributed by atoms with van der Waals surface area (Å²) in [7, 11) is 0. The zero-order valence-corrected chi connectivity index (χ0v) is 9.76. The standard InChI is InChI=1S/C13H14ClNO/c14-11-6-10(7-12(15)8-11)13(16)9-4-2-1-3-5-9/h4,6-8H,1-3,5,15H2. The van der Waals surface area contributed by atoms with E-state index in [1.807, 2.05) is 6.08 Å². The van der Waals surface area contributed by atoms with Crippen molar-refractivity contribution in [1.82, 2.24) is 0 Å². The molecule has 3 heteroatoms. The molecule has 84 valence electrons. The Hall–Kier alpha value is -1.28. The van der Waals surface area contributed by atoms with Crippen LogP contribution in [0.4, 0.5) is 5.69 Å². The average Bonchev–Trinajstić information content (AvgIpc) is 2.28. The van der Waals surface area contributed by atoms with Gasteiger partial charge < -0.3 is 5.73 Å². The minimum Gasteiger partial charge on any atom is -0.399 e. The molecule has 0 bridgehead atoms. The molecule has 2 N–H and O–H groups in total. The summed E-state index contributed by atoms with van der Waals surface area (Å²) in [4.78, 5) is 12.1. The molecule has 2 nitrogen and oxygen atoms in total. The van der Waals surface area contributed by atoms with Crippen molar-refractivity contribution in [1.29, 1.82) is 0 Å². The van der Waals surface area contributed by atoms with Gasteiger partial charge in [-0.25, -0.2) is 0 Å². The molecule has 2 rings (SSSR count). The quantitative estimate of drug-likeness (QED) is 0.629. The molecule has 0 atom stereocenters. The fourth-order valence-corrected chi connectivity index (χ4v) is 2.22. The Labute approximate surface area is 100 Å². The first-order valence-corrected chi connectivity index (χ1v) is 5.84. The van der Waals surface area contributed by atoms with E-state index in [9.17, 15) is 4.79 Å². The summed E-state index contributed by atoms with van der Waals surface area (Å²) in [6, 6.07) is 5.01. The van der Waals surface area contributed by atoms with Gasteiger partial charge in [0.25, 0.3) is 0 Å². The number of nitrogen functional groups attached to an aromatic ring is 1. The average molecular weight is 236 g/mol. The molecule has 0 saturated heterocycles. The number of carbonyl (C=O) groups excluding carboxylic acids is 1. The van der Waals surface area contributed by atoms with Gasteiger partial charge in [-0.15, -0.1) is 0 Å². The zero-order chi connectivity index (χ0) is 11.5. The largest absolute Gasteiger partial charge is 0.399 e. The van der Waals surface area contributed by atoms with Crippen LogP contribution >= 0.6 is 11.6 Å². The van der Waals surface area contributed by atoms with E-state index in [1.165, 1.54) is 6.42 Å². The van der Waals surface area contributed by atoms with Crippen molar-refractivity contribution in [2.75, 3.05) is 5.73 Å². The monoisotopic (exact) mass is 235 g/mol. The van der Waals surface area contributed by atoms with Crippen LogP contribution in [0.2, 0.25) is 5.02 Å². The van der Waals surface area contributed by atoms with Crippen LogP contribution in [0, 0.1) is 0 Å². The molecule has 0 unspecified atom stereocenters. The van der Waals surface area contributed by atoms with Crippen LogP contribution in [0.3, 0.4) is 0 Å². The Morgan fingerprint density at radius 3 is 2.69 bits per heavy atom. The Balaban J connectivity index is 2.29. The van der Waals surface area contributed by atoms with Crippen LogP contribution in [0.25, 0.3) is 0 Å². The predicted molar refractivity (Wildman–Crippen MR) is 66.7 cm³/mol. The molecule has 1 aliphatic rings. The normalized spacial score (nSPS) is 15.7. The maximum atomic E-state index is 12.1. The highest BCUT2D eigenvalue weighted by Crippen LogP contribution is 2.24. The number of halogens is 1. The van der Waals surface area contributed by atoms with Gasteiger partial charge in [0.1, 0.15) is 0 Å². The second-order valence-corrected chi connectivity index (χ2v) is 4.51. The van der Waals surface area contributed by atoms with E-state index >= 15 is 0 Å². The van der Waals surface area contributed by atoms with E-state index in [1.54, 1.807) is 18.2 Å². The number of allylic oxidation sites excluding steroid dienone is 2. The summed E-state index contributed by atoms with van der Waals surface area (Å²) >= 11 is 5.88. The van der Waals surface area contributed by atoms with Crippen molar-refractivity contribution >= 4 is 23.1 Å². The Bertz CT molecular complexity index is 431. The lowest BCUT2D eigenvalue weighted by atomic mass is 9.93. The second-order valence-electron chi connectivity index (χ2n) is 4.08. The third kappa shape index (κ3) is 2.45. The molecule has 1 aromatic rings. The molecule has 0 saturated carbocycles. The molecule has 0 heterocycles. The van der Waals surface area contributed by atoms with Crippen LogP contribution in [-0.4, -0.2) is 5.78 Å². The summed E-state index contributed by atoms with van der Waals surface area (Å²) in [5.41, 5.74) is 7.70. The van der Waals surface area contributed by atoms with E-state index < -0.39 is 0 Å². The first kappa shape index (κ1) is 11.2. The summed E-state index contributed by atoms with van der Waals surface area (Å²) in [6.07, 6.45) is 6.16. The van der Waals surface area contributed by atoms with Crippen molar-refractivity contribution in [3.05, 3.63) is 40.4 Å². The van der Waals surface area contributed by atoms with Gasteiger partial charge in [-0.3, -0.25) is 4.79 Å². The minimum absolute atomic E-state index is 0.0638. The van der Waals surface area contributed by atoms with E-state index in [0.717, 1.165) is 24.8 Å². The number of ketones is 1. The fraction of sp³-hybridized carbons (Fsp3) is 0.308. The molecule has 0 aliphatic heterocycles. The van der Waals surface area contributed by atoms with Gasteiger partial charge in [-0.05, 0) is 49.5 Å². The van der Waals surface area contributed by atoms with Gasteiger partial charge in [0.15, 0.2) is 5.78 Å². The van der Waals surface area contributed by atoms with E-state index in [4.69, 9.17) is 17.3 Å². The lowest BCUT2D eigenvalue weighted by molar-refractivity contribution is 0.102. The number of hydrogen-bond acceptors (Lipinski definition) is 2. The Morgan fingerprint density at radius 2 is 2.06 bits per heavy atom. The van der Waals surface area contributed by atoms with Crippen molar-refractivity contribution in [3.8, 4) is 0 Å². The lowest BCUT2D eigenvalue weighted by Crippen LogP contribution is -2.07. The smallest absolute Gasteiger partial charge is 0.188 e.